The molecule has 0 amide bonds. The highest BCUT2D eigenvalue weighted by atomic mass is 14.1. The van der Waals surface area contributed by atoms with Crippen LogP contribution in [0.2, 0.25) is 0 Å². The zero-order valence-electron chi connectivity index (χ0n) is 13.9. The Kier molecular flexibility index (Phi) is 9.45. The maximum absolute atomic E-state index is 2.36. The molecule has 0 heterocycles. The predicted molar refractivity (Wildman–Crippen MR) is 91.1 cm³/mol. The van der Waals surface area contributed by atoms with Crippen LogP contribution in [-0.2, 0) is 0 Å². The highest BCUT2D eigenvalue weighted by molar-refractivity contribution is 5.11. The molecule has 0 heteroatoms. The van der Waals surface area contributed by atoms with E-state index >= 15 is 0 Å². The molecule has 1 aromatic carbocycles. The summed E-state index contributed by atoms with van der Waals surface area (Å²) in [5, 5.41) is 0. The van der Waals surface area contributed by atoms with Crippen LogP contribution in [0.5, 0.6) is 0 Å². The zero-order chi connectivity index (χ0) is 14.6. The van der Waals surface area contributed by atoms with Gasteiger partial charge in [0.1, 0.15) is 0 Å². The van der Waals surface area contributed by atoms with E-state index in [2.05, 4.69) is 32.9 Å². The van der Waals surface area contributed by atoms with Crippen LogP contribution in [0, 0.1) is 18.8 Å². The lowest BCUT2D eigenvalue weighted by atomic mass is 9.91. The third-order valence-electron chi connectivity index (χ3n) is 4.48. The molecule has 2 fully saturated rings. The molecule has 0 spiro atoms. The summed E-state index contributed by atoms with van der Waals surface area (Å²) in [6.07, 6.45) is 13.4. The Morgan fingerprint density at radius 1 is 0.650 bits per heavy atom. The van der Waals surface area contributed by atoms with Gasteiger partial charge in [-0.05, 0) is 18.8 Å². The topological polar surface area (TPSA) is 0 Å². The van der Waals surface area contributed by atoms with Crippen molar-refractivity contribution in [1.82, 2.24) is 0 Å². The molecule has 0 atom stereocenters. The maximum Gasteiger partial charge on any atom is -0.0398 e. The van der Waals surface area contributed by atoms with Gasteiger partial charge in [0.25, 0.3) is 0 Å². The average molecular weight is 274 g/mol. The Bertz CT molecular complexity index is 302. The van der Waals surface area contributed by atoms with E-state index in [9.17, 15) is 0 Å². The molecule has 0 aromatic heterocycles. The Morgan fingerprint density at radius 2 is 1.05 bits per heavy atom. The zero-order valence-corrected chi connectivity index (χ0v) is 13.9. The summed E-state index contributed by atoms with van der Waals surface area (Å²) in [7, 11) is 0. The second-order valence-electron chi connectivity index (χ2n) is 6.79. The van der Waals surface area contributed by atoms with Crippen molar-refractivity contribution >= 4 is 0 Å². The third kappa shape index (κ3) is 9.18. The molecular formula is C20H34. The first-order chi connectivity index (χ1) is 9.68. The Hall–Kier alpha value is -0.780. The Balaban J connectivity index is 0.000000151. The highest BCUT2D eigenvalue weighted by Crippen LogP contribution is 2.23. The SMILES string of the molecule is CC1CCCC1.CC1CCCCC1.Cc1ccccc1. The van der Waals surface area contributed by atoms with Gasteiger partial charge >= 0.3 is 0 Å². The van der Waals surface area contributed by atoms with E-state index in [1.807, 2.05) is 18.2 Å². The van der Waals surface area contributed by atoms with Crippen molar-refractivity contribution in [2.24, 2.45) is 11.8 Å². The smallest absolute Gasteiger partial charge is 0.0398 e. The molecule has 1 aromatic rings. The molecule has 20 heavy (non-hydrogen) atoms. The average Bonchev–Trinajstić information content (AvgIpc) is 2.93. The number of rotatable bonds is 0. The van der Waals surface area contributed by atoms with Gasteiger partial charge in [-0.1, -0.05) is 108 Å². The van der Waals surface area contributed by atoms with Crippen molar-refractivity contribution < 1.29 is 0 Å². The molecule has 0 radical (unpaired) electrons. The molecule has 0 saturated heterocycles. The lowest BCUT2D eigenvalue weighted by Crippen LogP contribution is -1.99. The van der Waals surface area contributed by atoms with Gasteiger partial charge in [0, 0.05) is 0 Å². The maximum atomic E-state index is 2.36. The largest absolute Gasteiger partial charge is 0.0625 e. The lowest BCUT2D eigenvalue weighted by molar-refractivity contribution is 0.385. The van der Waals surface area contributed by atoms with Gasteiger partial charge in [-0.25, -0.2) is 0 Å². The molecule has 0 bridgehead atoms. The van der Waals surface area contributed by atoms with E-state index in [0.29, 0.717) is 0 Å². The Labute approximate surface area is 127 Å². The molecule has 114 valence electrons. The molecule has 0 N–H and O–H groups in total. The molecular weight excluding hydrogens is 240 g/mol. The summed E-state index contributed by atoms with van der Waals surface area (Å²) in [5.41, 5.74) is 1.32. The van der Waals surface area contributed by atoms with Crippen molar-refractivity contribution in [1.29, 1.82) is 0 Å². The number of benzene rings is 1. The van der Waals surface area contributed by atoms with Gasteiger partial charge in [0.15, 0.2) is 0 Å². The molecule has 2 aliphatic carbocycles. The van der Waals surface area contributed by atoms with Gasteiger partial charge in [0.05, 0.1) is 0 Å². The quantitative estimate of drug-likeness (QED) is 0.489. The van der Waals surface area contributed by atoms with Gasteiger partial charge in [-0.15, -0.1) is 0 Å². The van der Waals surface area contributed by atoms with Gasteiger partial charge < -0.3 is 0 Å². The summed E-state index contributed by atoms with van der Waals surface area (Å²) < 4.78 is 0. The molecule has 0 aliphatic heterocycles. The van der Waals surface area contributed by atoms with E-state index in [1.54, 1.807) is 0 Å². The predicted octanol–water partition coefficient (Wildman–Crippen LogP) is 6.78. The second kappa shape index (κ2) is 10.9. The van der Waals surface area contributed by atoms with E-state index in [1.165, 1.54) is 63.4 Å². The van der Waals surface area contributed by atoms with E-state index < -0.39 is 0 Å². The Morgan fingerprint density at radius 3 is 1.25 bits per heavy atom. The molecule has 0 unspecified atom stereocenters. The standard InChI is InChI=1S/C7H14.C7H8.C6H12/c2*1-7-5-3-2-4-6-7;1-6-4-2-3-5-6/h7H,2-6H2,1H3;2-6H,1H3;6H,2-5H2,1H3. The van der Waals surface area contributed by atoms with Crippen LogP contribution < -0.4 is 0 Å². The van der Waals surface area contributed by atoms with Crippen LogP contribution in [0.15, 0.2) is 30.3 Å². The fraction of sp³-hybridized carbons (Fsp3) is 0.700. The molecule has 2 saturated carbocycles. The van der Waals surface area contributed by atoms with Gasteiger partial charge in [0.2, 0.25) is 0 Å². The van der Waals surface area contributed by atoms with Crippen LogP contribution in [0.4, 0.5) is 0 Å². The first kappa shape index (κ1) is 17.3. The minimum Gasteiger partial charge on any atom is -0.0625 e. The first-order valence-electron chi connectivity index (χ1n) is 8.70. The van der Waals surface area contributed by atoms with Crippen LogP contribution in [-0.4, -0.2) is 0 Å². The van der Waals surface area contributed by atoms with Crippen molar-refractivity contribution in [3.63, 3.8) is 0 Å². The van der Waals surface area contributed by atoms with Crippen molar-refractivity contribution in [2.75, 3.05) is 0 Å². The van der Waals surface area contributed by atoms with E-state index in [-0.39, 0.29) is 0 Å². The minimum atomic E-state index is 1.04. The molecule has 3 rings (SSSR count). The minimum absolute atomic E-state index is 1.04. The van der Waals surface area contributed by atoms with Crippen LogP contribution in [0.1, 0.15) is 77.2 Å². The number of hydrogen-bond acceptors (Lipinski definition) is 0. The number of hydrogen-bond donors (Lipinski definition) is 0. The van der Waals surface area contributed by atoms with Crippen molar-refractivity contribution in [2.45, 2.75) is 78.6 Å². The van der Waals surface area contributed by atoms with Gasteiger partial charge in [-0.2, -0.15) is 0 Å². The van der Waals surface area contributed by atoms with E-state index in [0.717, 1.165) is 11.8 Å². The highest BCUT2D eigenvalue weighted by Gasteiger charge is 2.07. The second-order valence-corrected chi connectivity index (χ2v) is 6.79. The molecule has 0 nitrogen and oxygen atoms in total. The van der Waals surface area contributed by atoms with Crippen LogP contribution in [0.25, 0.3) is 0 Å². The lowest BCUT2D eigenvalue weighted by Gasteiger charge is -2.15. The molecule has 2 aliphatic rings. The van der Waals surface area contributed by atoms with Crippen LogP contribution in [0.3, 0.4) is 0 Å². The summed E-state index contributed by atoms with van der Waals surface area (Å²) in [6.45, 7) is 6.78. The van der Waals surface area contributed by atoms with Crippen molar-refractivity contribution in [3.05, 3.63) is 35.9 Å². The third-order valence-corrected chi connectivity index (χ3v) is 4.48. The monoisotopic (exact) mass is 274 g/mol. The fourth-order valence-electron chi connectivity index (χ4n) is 2.97. The van der Waals surface area contributed by atoms with Crippen LogP contribution >= 0.6 is 0 Å². The van der Waals surface area contributed by atoms with Crippen molar-refractivity contribution in [3.8, 4) is 0 Å². The summed E-state index contributed by atoms with van der Waals surface area (Å²) in [4.78, 5) is 0. The van der Waals surface area contributed by atoms with Gasteiger partial charge in [-0.3, -0.25) is 0 Å². The normalized spacial score (nSPS) is 19.6. The first-order valence-corrected chi connectivity index (χ1v) is 8.70. The number of aryl methyl sites for hydroxylation is 1. The summed E-state index contributed by atoms with van der Waals surface area (Å²) >= 11 is 0. The summed E-state index contributed by atoms with van der Waals surface area (Å²) in [6, 6.07) is 10.3. The van der Waals surface area contributed by atoms with E-state index in [4.69, 9.17) is 0 Å². The summed E-state index contributed by atoms with van der Waals surface area (Å²) in [5.74, 6) is 2.08. The fourth-order valence-corrected chi connectivity index (χ4v) is 2.97.